The molecule has 0 spiro atoms. The SMILES string of the molecule is Cl.O=S(=O)(O)O.[V]. The molecule has 0 unspecified atom stereocenters. The molecule has 0 aromatic heterocycles. The second-order valence-corrected chi connectivity index (χ2v) is 1.34. The monoisotopic (exact) mass is 185 g/mol. The topological polar surface area (TPSA) is 74.6 Å². The van der Waals surface area contributed by atoms with Crippen LogP contribution in [0.5, 0.6) is 0 Å². The molecule has 0 atom stereocenters. The summed E-state index contributed by atoms with van der Waals surface area (Å²) >= 11 is 0. The Labute approximate surface area is 59.2 Å². The van der Waals surface area contributed by atoms with Gasteiger partial charge in [-0.15, -0.1) is 12.4 Å². The maximum Gasteiger partial charge on any atom is 0.394 e. The molecular weight excluding hydrogens is 182 g/mol. The molecule has 4 nitrogen and oxygen atoms in total. The minimum absolute atomic E-state index is 0. The predicted molar refractivity (Wildman–Crippen MR) is 21.4 cm³/mol. The summed E-state index contributed by atoms with van der Waals surface area (Å²) in [7, 11) is -4.67. The Bertz CT molecular complexity index is 94.9. The fraction of sp³-hybridized carbons (Fsp3) is 0. The number of hydrogen-bond donors (Lipinski definition) is 2. The second kappa shape index (κ2) is 4.89. The first-order valence-corrected chi connectivity index (χ1v) is 2.10. The van der Waals surface area contributed by atoms with Gasteiger partial charge in [0.25, 0.3) is 0 Å². The number of rotatable bonds is 0. The Morgan fingerprint density at radius 1 is 1.14 bits per heavy atom. The van der Waals surface area contributed by atoms with Gasteiger partial charge in [-0.05, 0) is 0 Å². The van der Waals surface area contributed by atoms with Gasteiger partial charge in [0.1, 0.15) is 0 Å². The Morgan fingerprint density at radius 3 is 1.14 bits per heavy atom. The molecule has 0 saturated heterocycles. The van der Waals surface area contributed by atoms with E-state index in [1.54, 1.807) is 0 Å². The zero-order valence-corrected chi connectivity index (χ0v) is 6.00. The molecule has 7 heavy (non-hydrogen) atoms. The predicted octanol–water partition coefficient (Wildman–Crippen LogP) is -0.233. The van der Waals surface area contributed by atoms with Crippen LogP contribution in [0.1, 0.15) is 0 Å². The maximum absolute atomic E-state index is 8.74. The van der Waals surface area contributed by atoms with Crippen LogP contribution in [-0.2, 0) is 29.0 Å². The van der Waals surface area contributed by atoms with Crippen molar-refractivity contribution in [3.63, 3.8) is 0 Å². The van der Waals surface area contributed by atoms with Gasteiger partial charge in [-0.25, -0.2) is 0 Å². The average Bonchev–Trinajstić information content (AvgIpc) is 0.722. The van der Waals surface area contributed by atoms with Crippen molar-refractivity contribution < 1.29 is 36.1 Å². The largest absolute Gasteiger partial charge is 0.394 e. The van der Waals surface area contributed by atoms with E-state index in [9.17, 15) is 0 Å². The van der Waals surface area contributed by atoms with Gasteiger partial charge in [-0.3, -0.25) is 9.11 Å². The van der Waals surface area contributed by atoms with Gasteiger partial charge < -0.3 is 0 Å². The summed E-state index contributed by atoms with van der Waals surface area (Å²) in [4.78, 5) is 0. The smallest absolute Gasteiger partial charge is 0.264 e. The van der Waals surface area contributed by atoms with Crippen molar-refractivity contribution in [3.8, 4) is 0 Å². The van der Waals surface area contributed by atoms with Gasteiger partial charge in [-0.1, -0.05) is 0 Å². The fourth-order valence-electron chi connectivity index (χ4n) is 0. The minimum Gasteiger partial charge on any atom is -0.264 e. The maximum atomic E-state index is 8.74. The molecule has 45 valence electrons. The van der Waals surface area contributed by atoms with Crippen molar-refractivity contribution >= 4 is 22.8 Å². The number of hydrogen-bond acceptors (Lipinski definition) is 2. The van der Waals surface area contributed by atoms with E-state index in [-0.39, 0.29) is 31.0 Å². The summed E-state index contributed by atoms with van der Waals surface area (Å²) < 4.78 is 31.6. The minimum atomic E-state index is -4.67. The van der Waals surface area contributed by atoms with Crippen LogP contribution >= 0.6 is 12.4 Å². The van der Waals surface area contributed by atoms with Gasteiger partial charge in [0.05, 0.1) is 0 Å². The van der Waals surface area contributed by atoms with Gasteiger partial charge in [-0.2, -0.15) is 8.42 Å². The van der Waals surface area contributed by atoms with E-state index in [1.807, 2.05) is 0 Å². The number of halogens is 1. The molecule has 0 bridgehead atoms. The second-order valence-electron chi connectivity index (χ2n) is 0.448. The van der Waals surface area contributed by atoms with Gasteiger partial charge >= 0.3 is 10.4 Å². The van der Waals surface area contributed by atoms with E-state index >= 15 is 0 Å². The van der Waals surface area contributed by atoms with Gasteiger partial charge in [0.2, 0.25) is 0 Å². The van der Waals surface area contributed by atoms with Crippen LogP contribution < -0.4 is 0 Å². The molecule has 0 aliphatic heterocycles. The Hall–Kier alpha value is 0.744. The molecule has 0 saturated carbocycles. The normalized spacial score (nSPS) is 8.29. The van der Waals surface area contributed by atoms with E-state index in [2.05, 4.69) is 0 Å². The molecule has 0 aliphatic rings. The summed E-state index contributed by atoms with van der Waals surface area (Å²) in [5.41, 5.74) is 0. The van der Waals surface area contributed by atoms with E-state index in [4.69, 9.17) is 17.5 Å². The van der Waals surface area contributed by atoms with Crippen molar-refractivity contribution in [1.29, 1.82) is 0 Å². The third-order valence-corrected chi connectivity index (χ3v) is 0. The molecule has 0 fully saturated rings. The summed E-state index contributed by atoms with van der Waals surface area (Å²) in [6.07, 6.45) is 0. The molecule has 0 rings (SSSR count). The average molecular weight is 185 g/mol. The van der Waals surface area contributed by atoms with Crippen LogP contribution in [0.4, 0.5) is 0 Å². The quantitative estimate of drug-likeness (QED) is 0.511. The van der Waals surface area contributed by atoms with Crippen LogP contribution in [-0.4, -0.2) is 17.5 Å². The first-order chi connectivity index (χ1) is 2.00. The molecule has 0 amide bonds. The zero-order chi connectivity index (χ0) is 4.50. The molecule has 0 aromatic carbocycles. The van der Waals surface area contributed by atoms with Gasteiger partial charge in [0.15, 0.2) is 0 Å². The molecule has 0 aliphatic carbocycles. The van der Waals surface area contributed by atoms with Crippen molar-refractivity contribution in [2.75, 3.05) is 0 Å². The first-order valence-electron chi connectivity index (χ1n) is 0.698. The van der Waals surface area contributed by atoms with E-state index < -0.39 is 10.4 Å². The summed E-state index contributed by atoms with van der Waals surface area (Å²) in [6, 6.07) is 0. The van der Waals surface area contributed by atoms with Crippen LogP contribution in [0.25, 0.3) is 0 Å². The molecule has 0 heterocycles. The van der Waals surface area contributed by atoms with E-state index in [0.29, 0.717) is 0 Å². The van der Waals surface area contributed by atoms with E-state index in [0.717, 1.165) is 0 Å². The molecule has 1 radical (unpaired) electrons. The summed E-state index contributed by atoms with van der Waals surface area (Å²) in [5, 5.41) is 0. The summed E-state index contributed by atoms with van der Waals surface area (Å²) in [5.74, 6) is 0. The fourth-order valence-corrected chi connectivity index (χ4v) is 0. The van der Waals surface area contributed by atoms with Crippen molar-refractivity contribution in [1.82, 2.24) is 0 Å². The zero-order valence-electron chi connectivity index (χ0n) is 2.97. The molecule has 0 aromatic rings. The Balaban J connectivity index is -0.0000000800. The van der Waals surface area contributed by atoms with Crippen LogP contribution in [0.15, 0.2) is 0 Å². The van der Waals surface area contributed by atoms with Crippen molar-refractivity contribution in [2.24, 2.45) is 0 Å². The van der Waals surface area contributed by atoms with Gasteiger partial charge in [0, 0.05) is 18.6 Å². The van der Waals surface area contributed by atoms with Crippen molar-refractivity contribution in [2.45, 2.75) is 0 Å². The third-order valence-electron chi connectivity index (χ3n) is 0. The molecular formula is H3ClO4SV. The van der Waals surface area contributed by atoms with Crippen LogP contribution in [0, 0.1) is 0 Å². The Morgan fingerprint density at radius 2 is 1.14 bits per heavy atom. The van der Waals surface area contributed by atoms with Crippen molar-refractivity contribution in [3.05, 3.63) is 0 Å². The third kappa shape index (κ3) is 274. The van der Waals surface area contributed by atoms with E-state index in [1.165, 1.54) is 0 Å². The van der Waals surface area contributed by atoms with Crippen LogP contribution in [0.2, 0.25) is 0 Å². The van der Waals surface area contributed by atoms with Crippen LogP contribution in [0.3, 0.4) is 0 Å². The molecule has 2 N–H and O–H groups in total. The first kappa shape index (κ1) is 15.6. The Kier molecular flexibility index (Phi) is 10.9. The summed E-state index contributed by atoms with van der Waals surface area (Å²) in [6.45, 7) is 0. The standard InChI is InChI=1S/ClH.H2O4S.V/c;1-5(2,3)4;/h1H;(H2,1,2,3,4);. The molecule has 7 heteroatoms.